The predicted octanol–water partition coefficient (Wildman–Crippen LogP) is 8.52. The van der Waals surface area contributed by atoms with E-state index < -0.39 is 32.8 Å². The van der Waals surface area contributed by atoms with Crippen LogP contribution in [-0.4, -0.2) is 43.2 Å². The summed E-state index contributed by atoms with van der Waals surface area (Å²) < 4.78 is 43.5. The van der Waals surface area contributed by atoms with Crippen LogP contribution in [0.1, 0.15) is 58.2 Å². The molecule has 0 bridgehead atoms. The summed E-state index contributed by atoms with van der Waals surface area (Å²) in [6, 6.07) is 31.9. The second-order valence-corrected chi connectivity index (χ2v) is 20.1. The Morgan fingerprint density at radius 3 is 2.00 bits per heavy atom. The largest absolute Gasteiger partial charge is 0.481 e. The van der Waals surface area contributed by atoms with E-state index in [2.05, 4.69) is 50.6 Å². The number of aliphatic carboxylic acids is 1. The molecule has 2 atom stereocenters. The van der Waals surface area contributed by atoms with E-state index in [9.17, 15) is 18.9 Å². The number of carboxylic acid groups (broad SMARTS) is 1. The lowest BCUT2D eigenvalue weighted by molar-refractivity contribution is -0.138. The fourth-order valence-corrected chi connectivity index (χ4v) is 12.9. The van der Waals surface area contributed by atoms with Gasteiger partial charge in [-0.25, -0.2) is 4.39 Å². The number of benzene rings is 3. The van der Waals surface area contributed by atoms with Gasteiger partial charge in [-0.05, 0) is 56.8 Å². The SMILES string of the molecule is COP(=O)(C#Cc1c(-c2ccc(F)cc2)c2ccccn2c1C(C)C)C[C@H](CC(=O)O)O[Si](c1ccccc1)(c1ccccc1)C(C)(C)C. The van der Waals surface area contributed by atoms with Crippen molar-refractivity contribution in [3.8, 4) is 22.7 Å². The molecule has 3 aromatic carbocycles. The van der Waals surface area contributed by atoms with Gasteiger partial charge in [0.25, 0.3) is 15.7 Å². The van der Waals surface area contributed by atoms with Crippen molar-refractivity contribution in [2.24, 2.45) is 0 Å². The van der Waals surface area contributed by atoms with E-state index in [4.69, 9.17) is 8.95 Å². The molecule has 49 heavy (non-hydrogen) atoms. The molecule has 5 rings (SSSR count). The Bertz CT molecular complexity index is 1990. The molecule has 0 amide bonds. The molecule has 0 radical (unpaired) electrons. The third-order valence-corrected chi connectivity index (χ3v) is 15.8. The Hall–Kier alpha value is -4.25. The van der Waals surface area contributed by atoms with Crippen LogP contribution in [0.4, 0.5) is 4.39 Å². The van der Waals surface area contributed by atoms with E-state index in [1.54, 1.807) is 12.1 Å². The smallest absolute Gasteiger partial charge is 0.305 e. The summed E-state index contributed by atoms with van der Waals surface area (Å²) in [6.45, 7) is 10.4. The molecule has 0 saturated carbocycles. The maximum Gasteiger partial charge on any atom is 0.305 e. The first-order valence-electron chi connectivity index (χ1n) is 16.4. The van der Waals surface area contributed by atoms with Crippen molar-refractivity contribution in [3.63, 3.8) is 0 Å². The summed E-state index contributed by atoms with van der Waals surface area (Å²) in [7, 11) is -5.67. The monoisotopic (exact) mass is 695 g/mol. The third kappa shape index (κ3) is 7.51. The van der Waals surface area contributed by atoms with Crippen LogP contribution in [0, 0.1) is 17.4 Å². The fraction of sp³-hybridized carbons (Fsp3) is 0.275. The van der Waals surface area contributed by atoms with Gasteiger partial charge in [-0.3, -0.25) is 9.36 Å². The predicted molar refractivity (Wildman–Crippen MR) is 198 cm³/mol. The number of hydrogen-bond acceptors (Lipinski definition) is 4. The number of carbonyl (C=O) groups is 1. The maximum atomic E-state index is 14.6. The zero-order chi connectivity index (χ0) is 35.4. The van der Waals surface area contributed by atoms with Gasteiger partial charge in [0, 0.05) is 24.6 Å². The third-order valence-electron chi connectivity index (χ3n) is 8.81. The summed E-state index contributed by atoms with van der Waals surface area (Å²) in [5, 5.41) is 11.6. The van der Waals surface area contributed by atoms with Crippen LogP contribution in [0.2, 0.25) is 5.04 Å². The fourth-order valence-electron chi connectivity index (χ4n) is 6.69. The zero-order valence-corrected chi connectivity index (χ0v) is 30.7. The molecular weight excluding hydrogens is 652 g/mol. The molecule has 2 heterocycles. The molecule has 0 aliphatic rings. The van der Waals surface area contributed by atoms with Gasteiger partial charge in [-0.2, -0.15) is 0 Å². The Morgan fingerprint density at radius 1 is 0.918 bits per heavy atom. The Labute approximate surface area is 289 Å². The van der Waals surface area contributed by atoms with Gasteiger partial charge >= 0.3 is 5.97 Å². The highest BCUT2D eigenvalue weighted by Crippen LogP contribution is 2.48. The van der Waals surface area contributed by atoms with Gasteiger partial charge in [0.05, 0.1) is 29.8 Å². The van der Waals surface area contributed by atoms with E-state index in [1.807, 2.05) is 85.1 Å². The molecule has 0 fully saturated rings. The first kappa shape index (κ1) is 36.0. The number of rotatable bonds is 11. The van der Waals surface area contributed by atoms with Crippen molar-refractivity contribution in [1.82, 2.24) is 4.40 Å². The van der Waals surface area contributed by atoms with E-state index in [0.29, 0.717) is 5.56 Å². The summed E-state index contributed by atoms with van der Waals surface area (Å²) in [5.41, 5.74) is 7.01. The number of halogens is 1. The molecule has 0 aliphatic carbocycles. The lowest BCUT2D eigenvalue weighted by Crippen LogP contribution is -2.68. The minimum absolute atomic E-state index is 0.0357. The molecule has 0 aliphatic heterocycles. The molecular formula is C40H43FNO5PSi. The van der Waals surface area contributed by atoms with Crippen LogP contribution < -0.4 is 10.4 Å². The standard InChI is InChI=1S/C40H43FNO5PSi/c1-29(2)39-35(38(30-20-22-31(41)23-21-30)36-19-13-14-25-42(36)39)24-26-48(45,46-6)28-32(27-37(43)44)47-49(40(3,4)5,33-15-9-7-10-16-33)34-17-11-8-12-18-34/h7-23,25,29,32H,27-28H2,1-6H3,(H,43,44)/t32-,48?/m0/s1. The molecule has 254 valence electrons. The van der Waals surface area contributed by atoms with Gasteiger partial charge in [0.2, 0.25) is 0 Å². The lowest BCUT2D eigenvalue weighted by atomic mass is 9.98. The van der Waals surface area contributed by atoms with Crippen molar-refractivity contribution >= 4 is 37.5 Å². The normalized spacial score (nSPS) is 13.9. The molecule has 5 aromatic rings. The number of hydrogen-bond donors (Lipinski definition) is 1. The lowest BCUT2D eigenvalue weighted by Gasteiger charge is -2.45. The highest BCUT2D eigenvalue weighted by Gasteiger charge is 2.52. The molecule has 1 N–H and O–H groups in total. The van der Waals surface area contributed by atoms with Crippen molar-refractivity contribution in [1.29, 1.82) is 0 Å². The van der Waals surface area contributed by atoms with Crippen molar-refractivity contribution in [3.05, 3.63) is 126 Å². The second-order valence-electron chi connectivity index (χ2n) is 13.5. The van der Waals surface area contributed by atoms with Gasteiger partial charge in [-0.15, -0.1) is 0 Å². The number of nitrogens with zero attached hydrogens (tertiary/aromatic N) is 1. The van der Waals surface area contributed by atoms with Crippen LogP contribution >= 0.6 is 7.37 Å². The molecule has 0 saturated heterocycles. The van der Waals surface area contributed by atoms with Crippen molar-refractivity contribution in [2.45, 2.75) is 58.1 Å². The molecule has 6 nitrogen and oxygen atoms in total. The Kier molecular flexibility index (Phi) is 10.8. The van der Waals surface area contributed by atoms with E-state index in [0.717, 1.165) is 32.7 Å². The van der Waals surface area contributed by atoms with Gasteiger partial charge in [0.1, 0.15) is 5.82 Å². The van der Waals surface area contributed by atoms with Gasteiger partial charge in [-0.1, -0.05) is 119 Å². The summed E-state index contributed by atoms with van der Waals surface area (Å²) in [4.78, 5) is 12.4. The molecule has 0 spiro atoms. The van der Waals surface area contributed by atoms with Crippen molar-refractivity contribution < 1.29 is 27.8 Å². The molecule has 2 aromatic heterocycles. The number of pyridine rings is 1. The van der Waals surface area contributed by atoms with Crippen LogP contribution in [0.15, 0.2) is 109 Å². The zero-order valence-electron chi connectivity index (χ0n) is 28.8. The number of fused-ring (bicyclic) bond motifs is 1. The average Bonchev–Trinajstić information content (AvgIpc) is 3.41. The van der Waals surface area contributed by atoms with Crippen molar-refractivity contribution in [2.75, 3.05) is 13.3 Å². The highest BCUT2D eigenvalue weighted by atomic mass is 31.2. The Balaban J connectivity index is 1.65. The van der Waals surface area contributed by atoms with Crippen LogP contribution in [0.25, 0.3) is 16.6 Å². The summed E-state index contributed by atoms with van der Waals surface area (Å²) >= 11 is 0. The average molecular weight is 696 g/mol. The first-order chi connectivity index (χ1) is 23.3. The quantitative estimate of drug-likeness (QED) is 0.0852. The maximum absolute atomic E-state index is 14.6. The molecule has 1 unspecified atom stereocenters. The van der Waals surface area contributed by atoms with Crippen LogP contribution in [0.5, 0.6) is 0 Å². The summed E-state index contributed by atoms with van der Waals surface area (Å²) in [6.07, 6.45) is 0.384. The van der Waals surface area contributed by atoms with E-state index >= 15 is 0 Å². The Morgan fingerprint density at radius 2 is 1.49 bits per heavy atom. The number of carboxylic acids is 1. The van der Waals surface area contributed by atoms with Crippen LogP contribution in [0.3, 0.4) is 0 Å². The summed E-state index contributed by atoms with van der Waals surface area (Å²) in [5.74, 6) is 1.84. The van der Waals surface area contributed by atoms with Crippen LogP contribution in [-0.2, 0) is 18.3 Å². The second kappa shape index (κ2) is 14.7. The topological polar surface area (TPSA) is 77.2 Å². The van der Waals surface area contributed by atoms with Gasteiger partial charge in [0.15, 0.2) is 0 Å². The van der Waals surface area contributed by atoms with E-state index in [1.165, 1.54) is 19.2 Å². The number of aromatic nitrogens is 1. The van der Waals surface area contributed by atoms with E-state index in [-0.39, 0.29) is 24.3 Å². The molecule has 9 heteroatoms. The van der Waals surface area contributed by atoms with Gasteiger partial charge < -0.3 is 18.5 Å². The highest BCUT2D eigenvalue weighted by molar-refractivity contribution is 7.64. The minimum atomic E-state index is -3.81. The first-order valence-corrected chi connectivity index (χ1v) is 20.1. The minimum Gasteiger partial charge on any atom is -0.481 e.